The molecule has 0 bridgehead atoms. The number of rotatable bonds is 7. The Hall–Kier alpha value is -0.830. The molecule has 94 valence electrons. The van der Waals surface area contributed by atoms with E-state index < -0.39 is 5.60 Å². The number of ether oxygens (including phenoxy) is 1. The molecule has 0 rings (SSSR count). The molecule has 16 heavy (non-hydrogen) atoms. The second kappa shape index (κ2) is 6.69. The van der Waals surface area contributed by atoms with E-state index >= 15 is 0 Å². The third kappa shape index (κ3) is 5.31. The van der Waals surface area contributed by atoms with Gasteiger partial charge in [0.2, 0.25) is 0 Å². The molecule has 3 heteroatoms. The van der Waals surface area contributed by atoms with Crippen LogP contribution in [0.5, 0.6) is 0 Å². The molecule has 0 spiro atoms. The molecule has 0 aliphatic carbocycles. The van der Waals surface area contributed by atoms with Crippen LogP contribution < -0.4 is 0 Å². The van der Waals surface area contributed by atoms with E-state index in [0.717, 1.165) is 19.3 Å². The fourth-order valence-electron chi connectivity index (χ4n) is 1.34. The molecular weight excluding hydrogens is 204 g/mol. The first-order chi connectivity index (χ1) is 7.31. The van der Waals surface area contributed by atoms with E-state index in [1.807, 2.05) is 13.8 Å². The van der Waals surface area contributed by atoms with Crippen molar-refractivity contribution >= 4 is 5.97 Å². The van der Waals surface area contributed by atoms with Gasteiger partial charge in [0.1, 0.15) is 5.60 Å². The number of aliphatic hydroxyl groups excluding tert-OH is 1. The summed E-state index contributed by atoms with van der Waals surface area (Å²) in [5.41, 5.74) is -0.0542. The maximum Gasteiger partial charge on any atom is 0.333 e. The molecule has 0 aliphatic heterocycles. The Balaban J connectivity index is 4.19. The van der Waals surface area contributed by atoms with Gasteiger partial charge in [0.05, 0.1) is 0 Å². The molecule has 0 saturated heterocycles. The number of unbranched alkanes of at least 4 members (excludes halogenated alkanes) is 1. The fourth-order valence-corrected chi connectivity index (χ4v) is 1.34. The molecule has 0 aromatic carbocycles. The molecule has 3 nitrogen and oxygen atoms in total. The van der Waals surface area contributed by atoms with Gasteiger partial charge in [-0.25, -0.2) is 4.79 Å². The Bertz CT molecular complexity index is 244. The summed E-state index contributed by atoms with van der Waals surface area (Å²) < 4.78 is 5.39. The zero-order chi connectivity index (χ0) is 12.8. The second-order valence-electron chi connectivity index (χ2n) is 4.89. The Labute approximate surface area is 98.5 Å². The molecule has 0 aliphatic rings. The van der Waals surface area contributed by atoms with Crippen LogP contribution in [-0.2, 0) is 9.53 Å². The van der Waals surface area contributed by atoms with Crippen LogP contribution in [-0.4, -0.2) is 23.3 Å². The van der Waals surface area contributed by atoms with Crippen molar-refractivity contribution < 1.29 is 14.6 Å². The number of hydrogen-bond donors (Lipinski definition) is 1. The molecule has 0 amide bonds. The van der Waals surface area contributed by atoms with E-state index in [1.165, 1.54) is 0 Å². The minimum atomic E-state index is -0.481. The second-order valence-corrected chi connectivity index (χ2v) is 4.89. The normalized spacial score (nSPS) is 13.3. The molecule has 0 aromatic rings. The number of aliphatic hydroxyl groups is 1. The molecule has 1 unspecified atom stereocenters. The van der Waals surface area contributed by atoms with E-state index in [9.17, 15) is 4.79 Å². The smallest absolute Gasteiger partial charge is 0.333 e. The van der Waals surface area contributed by atoms with E-state index in [4.69, 9.17) is 9.84 Å². The maximum atomic E-state index is 11.4. The molecular formula is C13H24O3. The molecule has 1 N–H and O–H groups in total. The lowest BCUT2D eigenvalue weighted by Gasteiger charge is -2.31. The number of carbonyl (C=O) groups is 1. The summed E-state index contributed by atoms with van der Waals surface area (Å²) in [5.74, 6) is -0.0682. The third-order valence-corrected chi connectivity index (χ3v) is 2.94. The predicted octanol–water partition coefficient (Wildman–Crippen LogP) is 2.68. The highest BCUT2D eigenvalue weighted by Gasteiger charge is 2.29. The quantitative estimate of drug-likeness (QED) is 0.414. The first kappa shape index (κ1) is 15.2. The summed E-state index contributed by atoms with van der Waals surface area (Å²) in [6, 6.07) is 0. The van der Waals surface area contributed by atoms with Crippen LogP contribution in [0.3, 0.4) is 0 Å². The van der Waals surface area contributed by atoms with Gasteiger partial charge in [0.25, 0.3) is 0 Å². The monoisotopic (exact) mass is 228 g/mol. The Kier molecular flexibility index (Phi) is 6.34. The van der Waals surface area contributed by atoms with Crippen LogP contribution in [0.2, 0.25) is 0 Å². The van der Waals surface area contributed by atoms with Crippen molar-refractivity contribution in [3.63, 3.8) is 0 Å². The van der Waals surface area contributed by atoms with Gasteiger partial charge in [0.15, 0.2) is 0 Å². The van der Waals surface area contributed by atoms with Crippen molar-refractivity contribution in [2.24, 2.45) is 5.92 Å². The van der Waals surface area contributed by atoms with Gasteiger partial charge in [-0.2, -0.15) is 0 Å². The van der Waals surface area contributed by atoms with Gasteiger partial charge >= 0.3 is 5.97 Å². The summed E-state index contributed by atoms with van der Waals surface area (Å²) in [6.07, 6.45) is 2.69. The highest BCUT2D eigenvalue weighted by atomic mass is 16.6. The summed E-state index contributed by atoms with van der Waals surface area (Å²) in [4.78, 5) is 11.4. The van der Waals surface area contributed by atoms with Gasteiger partial charge in [-0.15, -0.1) is 0 Å². The first-order valence-corrected chi connectivity index (χ1v) is 5.81. The van der Waals surface area contributed by atoms with E-state index in [2.05, 4.69) is 13.5 Å². The zero-order valence-electron chi connectivity index (χ0n) is 10.9. The van der Waals surface area contributed by atoms with E-state index in [0.29, 0.717) is 5.57 Å². The molecule has 0 fully saturated rings. The van der Waals surface area contributed by atoms with Gasteiger partial charge in [-0.1, -0.05) is 19.9 Å². The average Bonchev–Trinajstić information content (AvgIpc) is 2.17. The minimum absolute atomic E-state index is 0.221. The number of esters is 1. The fraction of sp³-hybridized carbons (Fsp3) is 0.769. The van der Waals surface area contributed by atoms with Crippen LogP contribution in [0.25, 0.3) is 0 Å². The van der Waals surface area contributed by atoms with Crippen LogP contribution in [0.15, 0.2) is 12.2 Å². The Morgan fingerprint density at radius 3 is 2.44 bits per heavy atom. The van der Waals surface area contributed by atoms with Crippen LogP contribution in [0.4, 0.5) is 0 Å². The van der Waals surface area contributed by atoms with Crippen molar-refractivity contribution in [2.45, 2.75) is 52.6 Å². The molecule has 0 radical (unpaired) electrons. The first-order valence-electron chi connectivity index (χ1n) is 5.81. The number of carbonyl (C=O) groups excluding carboxylic acids is 1. The number of hydrogen-bond acceptors (Lipinski definition) is 3. The predicted molar refractivity (Wildman–Crippen MR) is 65.1 cm³/mol. The van der Waals surface area contributed by atoms with Gasteiger partial charge < -0.3 is 9.84 Å². The topological polar surface area (TPSA) is 46.5 Å². The Morgan fingerprint density at radius 1 is 1.44 bits per heavy atom. The summed E-state index contributed by atoms with van der Waals surface area (Å²) in [6.45, 7) is 11.3. The SMILES string of the molecule is C=C(C)C(=O)OC(C)(C)C(C)CCCCO. The van der Waals surface area contributed by atoms with Crippen molar-refractivity contribution in [1.82, 2.24) is 0 Å². The van der Waals surface area contributed by atoms with Crippen molar-refractivity contribution in [2.75, 3.05) is 6.61 Å². The molecule has 0 saturated carbocycles. The summed E-state index contributed by atoms with van der Waals surface area (Å²) in [7, 11) is 0. The molecule has 0 heterocycles. The van der Waals surface area contributed by atoms with E-state index in [-0.39, 0.29) is 18.5 Å². The van der Waals surface area contributed by atoms with Gasteiger partial charge in [-0.05, 0) is 39.5 Å². The lowest BCUT2D eigenvalue weighted by Crippen LogP contribution is -2.35. The van der Waals surface area contributed by atoms with Crippen molar-refractivity contribution in [3.05, 3.63) is 12.2 Å². The Morgan fingerprint density at radius 2 is 2.00 bits per heavy atom. The van der Waals surface area contributed by atoms with Crippen molar-refractivity contribution in [3.8, 4) is 0 Å². The van der Waals surface area contributed by atoms with Crippen LogP contribution >= 0.6 is 0 Å². The van der Waals surface area contributed by atoms with E-state index in [1.54, 1.807) is 6.92 Å². The lowest BCUT2D eigenvalue weighted by atomic mass is 9.88. The highest BCUT2D eigenvalue weighted by Crippen LogP contribution is 2.26. The lowest BCUT2D eigenvalue weighted by molar-refractivity contribution is -0.156. The highest BCUT2D eigenvalue weighted by molar-refractivity contribution is 5.87. The van der Waals surface area contributed by atoms with Crippen LogP contribution in [0, 0.1) is 5.92 Å². The largest absolute Gasteiger partial charge is 0.456 e. The average molecular weight is 228 g/mol. The standard InChI is InChI=1S/C13H24O3/c1-10(2)12(15)16-13(4,5)11(3)8-6-7-9-14/h11,14H,1,6-9H2,2-5H3. The third-order valence-electron chi connectivity index (χ3n) is 2.94. The van der Waals surface area contributed by atoms with Crippen molar-refractivity contribution in [1.29, 1.82) is 0 Å². The van der Waals surface area contributed by atoms with Gasteiger partial charge in [0, 0.05) is 12.2 Å². The summed E-state index contributed by atoms with van der Waals surface area (Å²) in [5, 5.41) is 8.70. The summed E-state index contributed by atoms with van der Waals surface area (Å²) >= 11 is 0. The molecule has 0 aromatic heterocycles. The molecule has 1 atom stereocenters. The minimum Gasteiger partial charge on any atom is -0.456 e. The maximum absolute atomic E-state index is 11.4. The zero-order valence-corrected chi connectivity index (χ0v) is 10.9. The van der Waals surface area contributed by atoms with Crippen LogP contribution in [0.1, 0.15) is 47.0 Å². The van der Waals surface area contributed by atoms with Gasteiger partial charge in [-0.3, -0.25) is 0 Å².